The van der Waals surface area contributed by atoms with Gasteiger partial charge < -0.3 is 40.3 Å². The number of nitrogens with one attached hydrogen (secondary N) is 1. The van der Waals surface area contributed by atoms with E-state index in [1.807, 2.05) is 6.07 Å². The van der Waals surface area contributed by atoms with Crippen LogP contribution in [0.1, 0.15) is 25.6 Å². The maximum atomic E-state index is 12.6. The monoisotopic (exact) mass is 490 g/mol. The fraction of sp³-hybridized carbons (Fsp3) is 0.455. The van der Waals surface area contributed by atoms with Crippen LogP contribution in [0.25, 0.3) is 10.9 Å². The average Bonchev–Trinajstić information content (AvgIpc) is 3.20. The number of hydrogen-bond donors (Lipinski definition) is 6. The number of rotatable bonds is 8. The van der Waals surface area contributed by atoms with Gasteiger partial charge in [0.05, 0.1) is 25.8 Å². The molecule has 1 aromatic carbocycles. The first kappa shape index (κ1) is 25.8. The number of hydrogen-bond acceptors (Lipinski definition) is 10. The minimum absolute atomic E-state index is 0.0256. The number of carboxylic acids is 1. The first-order chi connectivity index (χ1) is 16.5. The predicted molar refractivity (Wildman–Crippen MR) is 118 cm³/mol. The third-order valence-corrected chi connectivity index (χ3v) is 5.66. The molecule has 13 heteroatoms. The number of aromatic nitrogens is 2. The van der Waals surface area contributed by atoms with Gasteiger partial charge in [0.1, 0.15) is 35.6 Å². The fourth-order valence-electron chi connectivity index (χ4n) is 3.82. The zero-order valence-electron chi connectivity index (χ0n) is 19.1. The topological polar surface area (TPSA) is 207 Å². The van der Waals surface area contributed by atoms with Crippen LogP contribution in [0.3, 0.4) is 0 Å². The lowest BCUT2D eigenvalue weighted by atomic mass is 9.91. The van der Waals surface area contributed by atoms with Crippen LogP contribution in [0.4, 0.5) is 0 Å². The third kappa shape index (κ3) is 4.72. The second kappa shape index (κ2) is 10.2. The molecule has 1 aliphatic rings. The first-order valence-electron chi connectivity index (χ1n) is 10.6. The van der Waals surface area contributed by atoms with Crippen molar-refractivity contribution in [3.8, 4) is 17.6 Å². The molecule has 6 N–H and O–H groups in total. The number of methoxy groups -OCH3 is 1. The van der Waals surface area contributed by atoms with Crippen LogP contribution in [0.2, 0.25) is 0 Å². The molecule has 0 spiro atoms. The SMILES string of the molecule is COc1c(O)ccc2c(C#N)n([C@H]3C=C(C(=O)O)O[C@@H]([C@H](O)[C@H](O)CO)[C@@H]3NC(=O)C(C)C)nc12. The molecule has 188 valence electrons. The Kier molecular flexibility index (Phi) is 7.49. The van der Waals surface area contributed by atoms with Gasteiger partial charge >= 0.3 is 5.97 Å². The molecule has 35 heavy (non-hydrogen) atoms. The summed E-state index contributed by atoms with van der Waals surface area (Å²) in [6.45, 7) is 2.35. The number of amides is 1. The Bertz CT molecular complexity index is 1200. The first-order valence-corrected chi connectivity index (χ1v) is 10.6. The Morgan fingerprint density at radius 3 is 2.57 bits per heavy atom. The summed E-state index contributed by atoms with van der Waals surface area (Å²) < 4.78 is 11.8. The summed E-state index contributed by atoms with van der Waals surface area (Å²) in [7, 11) is 1.30. The molecule has 2 heterocycles. The van der Waals surface area contributed by atoms with Gasteiger partial charge in [-0.1, -0.05) is 13.8 Å². The zero-order valence-corrected chi connectivity index (χ0v) is 19.1. The van der Waals surface area contributed by atoms with Crippen molar-refractivity contribution in [3.05, 3.63) is 29.7 Å². The van der Waals surface area contributed by atoms with Crippen LogP contribution >= 0.6 is 0 Å². The number of benzene rings is 1. The van der Waals surface area contributed by atoms with Gasteiger partial charge in [-0.15, -0.1) is 0 Å². The van der Waals surface area contributed by atoms with Gasteiger partial charge in [0.15, 0.2) is 11.5 Å². The van der Waals surface area contributed by atoms with Crippen LogP contribution < -0.4 is 10.1 Å². The summed E-state index contributed by atoms with van der Waals surface area (Å²) in [6.07, 6.45) is -3.98. The van der Waals surface area contributed by atoms with Gasteiger partial charge in [-0.25, -0.2) is 9.48 Å². The number of phenolic OH excluding ortho intramolecular Hbond substituents is 1. The van der Waals surface area contributed by atoms with Crippen molar-refractivity contribution in [2.75, 3.05) is 13.7 Å². The number of fused-ring (bicyclic) bond motifs is 1. The van der Waals surface area contributed by atoms with Crippen LogP contribution in [0, 0.1) is 17.2 Å². The molecule has 5 atom stereocenters. The highest BCUT2D eigenvalue weighted by atomic mass is 16.5. The maximum absolute atomic E-state index is 12.6. The van der Waals surface area contributed by atoms with Crippen molar-refractivity contribution >= 4 is 22.8 Å². The Morgan fingerprint density at radius 2 is 2.03 bits per heavy atom. The molecule has 3 rings (SSSR count). The number of nitriles is 1. The van der Waals surface area contributed by atoms with Crippen molar-refractivity contribution in [2.45, 2.75) is 44.2 Å². The van der Waals surface area contributed by atoms with Crippen LogP contribution in [0.5, 0.6) is 11.5 Å². The summed E-state index contributed by atoms with van der Waals surface area (Å²) >= 11 is 0. The van der Waals surface area contributed by atoms with E-state index in [1.54, 1.807) is 13.8 Å². The lowest BCUT2D eigenvalue weighted by Gasteiger charge is -2.40. The number of ether oxygens (including phenoxy) is 2. The van der Waals surface area contributed by atoms with E-state index in [0.717, 1.165) is 10.8 Å². The molecule has 1 aromatic heterocycles. The molecule has 13 nitrogen and oxygen atoms in total. The molecule has 0 saturated heterocycles. The Balaban J connectivity index is 2.28. The molecular weight excluding hydrogens is 464 g/mol. The molecule has 1 amide bonds. The normalized spacial score (nSPS) is 21.5. The predicted octanol–water partition coefficient (Wildman–Crippen LogP) is -0.615. The third-order valence-electron chi connectivity index (χ3n) is 5.66. The number of carbonyl (C=O) groups excluding carboxylic acids is 1. The van der Waals surface area contributed by atoms with Crippen LogP contribution in [0.15, 0.2) is 24.0 Å². The largest absolute Gasteiger partial charge is 0.504 e. The molecular formula is C22H26N4O9. The van der Waals surface area contributed by atoms with Gasteiger partial charge in [0.2, 0.25) is 11.7 Å². The number of aliphatic carboxylic acids is 1. The van der Waals surface area contributed by atoms with Crippen LogP contribution in [-0.2, 0) is 14.3 Å². The lowest BCUT2D eigenvalue weighted by Crippen LogP contribution is -2.59. The molecule has 0 aliphatic carbocycles. The Morgan fingerprint density at radius 1 is 1.34 bits per heavy atom. The molecule has 2 aromatic rings. The summed E-state index contributed by atoms with van der Waals surface area (Å²) in [4.78, 5) is 24.5. The summed E-state index contributed by atoms with van der Waals surface area (Å²) in [6, 6.07) is 2.29. The molecule has 0 fully saturated rings. The minimum Gasteiger partial charge on any atom is -0.504 e. The van der Waals surface area contributed by atoms with Gasteiger partial charge in [-0.2, -0.15) is 10.4 Å². The standard InChI is InChI=1S/C22H26N4O9/c1-9(2)21(31)24-17-11(6-15(22(32)33)35-20(17)18(30)14(29)8-27)26-12(7-23)10-4-5-13(28)19(34-3)16(10)25-26/h4-6,9,11,14,17-18,20,27-30H,8H2,1-3H3,(H,24,31)(H,32,33)/t11-,14+,17+,18+,20+/m0/s1. The molecule has 0 unspecified atom stereocenters. The Hall–Kier alpha value is -3.86. The number of aromatic hydroxyl groups is 1. The second-order valence-electron chi connectivity index (χ2n) is 8.26. The zero-order chi connectivity index (χ0) is 26.0. The Labute approximate surface area is 199 Å². The number of aliphatic hydroxyl groups excluding tert-OH is 3. The van der Waals surface area contributed by atoms with E-state index < -0.39 is 60.6 Å². The molecule has 0 saturated carbocycles. The summed E-state index contributed by atoms with van der Waals surface area (Å²) in [5, 5.41) is 67.0. The minimum atomic E-state index is -1.82. The fourth-order valence-corrected chi connectivity index (χ4v) is 3.82. The van der Waals surface area contributed by atoms with E-state index in [1.165, 1.54) is 19.2 Å². The summed E-state index contributed by atoms with van der Waals surface area (Å²) in [5.41, 5.74) is 0.0492. The van der Waals surface area contributed by atoms with E-state index in [9.17, 15) is 40.4 Å². The number of phenols is 1. The number of nitrogens with zero attached hydrogens (tertiary/aromatic N) is 3. The molecule has 1 aliphatic heterocycles. The van der Waals surface area contributed by atoms with Crippen molar-refractivity contribution in [1.82, 2.24) is 15.1 Å². The van der Waals surface area contributed by atoms with E-state index >= 15 is 0 Å². The van der Waals surface area contributed by atoms with Gasteiger partial charge in [-0.05, 0) is 18.2 Å². The van der Waals surface area contributed by atoms with Crippen molar-refractivity contribution in [3.63, 3.8) is 0 Å². The highest BCUT2D eigenvalue weighted by Crippen LogP contribution is 2.38. The highest BCUT2D eigenvalue weighted by Gasteiger charge is 2.45. The van der Waals surface area contributed by atoms with Crippen LogP contribution in [-0.4, -0.2) is 85.3 Å². The lowest BCUT2D eigenvalue weighted by molar-refractivity contribution is -0.147. The van der Waals surface area contributed by atoms with Gasteiger partial charge in [0, 0.05) is 11.3 Å². The smallest absolute Gasteiger partial charge is 0.370 e. The second-order valence-corrected chi connectivity index (χ2v) is 8.26. The van der Waals surface area contributed by atoms with Crippen molar-refractivity contribution in [2.24, 2.45) is 5.92 Å². The van der Waals surface area contributed by atoms with Gasteiger partial charge in [-0.3, -0.25) is 4.79 Å². The van der Waals surface area contributed by atoms with Gasteiger partial charge in [0.25, 0.3) is 0 Å². The van der Waals surface area contributed by atoms with E-state index in [-0.39, 0.29) is 28.1 Å². The van der Waals surface area contributed by atoms with E-state index in [0.29, 0.717) is 0 Å². The average molecular weight is 490 g/mol. The van der Waals surface area contributed by atoms with E-state index in [4.69, 9.17) is 9.47 Å². The number of carboxylic acid groups (broad SMARTS) is 1. The number of aliphatic hydroxyl groups is 3. The van der Waals surface area contributed by atoms with Crippen molar-refractivity contribution in [1.29, 1.82) is 5.26 Å². The summed E-state index contributed by atoms with van der Waals surface area (Å²) in [5.74, 6) is -3.42. The molecule has 0 radical (unpaired) electrons. The molecule has 0 bridgehead atoms. The quantitative estimate of drug-likeness (QED) is 0.275. The maximum Gasteiger partial charge on any atom is 0.370 e. The van der Waals surface area contributed by atoms with Crippen molar-refractivity contribution < 1.29 is 44.6 Å². The van der Waals surface area contributed by atoms with E-state index in [2.05, 4.69) is 10.4 Å². The highest BCUT2D eigenvalue weighted by molar-refractivity contribution is 5.91. The number of carbonyl (C=O) groups is 2.